The highest BCUT2D eigenvalue weighted by atomic mass is 127. The molecule has 31 heavy (non-hydrogen) atoms. The van der Waals surface area contributed by atoms with Crippen molar-refractivity contribution in [3.05, 3.63) is 29.6 Å². The van der Waals surface area contributed by atoms with Gasteiger partial charge in [0.05, 0.1) is 12.6 Å². The molecule has 2 N–H and O–H groups in total. The van der Waals surface area contributed by atoms with Gasteiger partial charge in [-0.25, -0.2) is 4.39 Å². The number of hydrogen-bond donors (Lipinski definition) is 2. The minimum Gasteiger partial charge on any atom is -0.490 e. The molecule has 3 rings (SSSR count). The summed E-state index contributed by atoms with van der Waals surface area (Å²) in [5, 5.41) is 6.79. The molecule has 1 aromatic rings. The molecule has 0 bridgehead atoms. The van der Waals surface area contributed by atoms with Crippen LogP contribution in [-0.4, -0.2) is 74.7 Å². The molecule has 0 amide bonds. The minimum absolute atomic E-state index is 0. The lowest BCUT2D eigenvalue weighted by Gasteiger charge is -2.37. The predicted molar refractivity (Wildman–Crippen MR) is 136 cm³/mol. The molecule has 1 saturated carbocycles. The molecule has 176 valence electrons. The van der Waals surface area contributed by atoms with Crippen LogP contribution in [0.1, 0.15) is 45.2 Å². The lowest BCUT2D eigenvalue weighted by atomic mass is 10.1. The molecule has 1 aromatic carbocycles. The van der Waals surface area contributed by atoms with Gasteiger partial charge in [-0.1, -0.05) is 13.0 Å². The molecule has 2 fully saturated rings. The van der Waals surface area contributed by atoms with Crippen LogP contribution in [0.4, 0.5) is 4.39 Å². The molecule has 0 radical (unpaired) electrons. The zero-order valence-corrected chi connectivity index (χ0v) is 21.7. The molecule has 1 aliphatic heterocycles. The topological polar surface area (TPSA) is 52.1 Å². The number of ether oxygens (including phenoxy) is 1. The highest BCUT2D eigenvalue weighted by molar-refractivity contribution is 14.0. The number of nitrogens with zero attached hydrogens (tertiary/aromatic N) is 3. The summed E-state index contributed by atoms with van der Waals surface area (Å²) < 4.78 is 20.0. The number of piperazine rings is 1. The van der Waals surface area contributed by atoms with Gasteiger partial charge in [-0.3, -0.25) is 9.89 Å². The van der Waals surface area contributed by atoms with Gasteiger partial charge in [0, 0.05) is 45.8 Å². The monoisotopic (exact) mass is 547 g/mol. The number of likely N-dealkylation sites (N-methyl/N-ethyl adjacent to an activating group) is 1. The fraction of sp³-hybridized carbons (Fsp3) is 0.696. The van der Waals surface area contributed by atoms with E-state index in [2.05, 4.69) is 39.3 Å². The van der Waals surface area contributed by atoms with E-state index in [9.17, 15) is 4.39 Å². The lowest BCUT2D eigenvalue weighted by Crippen LogP contribution is -2.53. The summed E-state index contributed by atoms with van der Waals surface area (Å²) in [5.41, 5.74) is 0.873. The van der Waals surface area contributed by atoms with Crippen molar-refractivity contribution in [1.29, 1.82) is 0 Å². The van der Waals surface area contributed by atoms with Gasteiger partial charge in [0.25, 0.3) is 0 Å². The van der Waals surface area contributed by atoms with E-state index in [0.717, 1.165) is 50.8 Å². The Labute approximate surface area is 204 Å². The summed E-state index contributed by atoms with van der Waals surface area (Å²) in [7, 11) is 1.77. The third-order valence-electron chi connectivity index (χ3n) is 6.25. The van der Waals surface area contributed by atoms with E-state index < -0.39 is 0 Å². The smallest absolute Gasteiger partial charge is 0.191 e. The van der Waals surface area contributed by atoms with Crippen LogP contribution in [-0.2, 0) is 0 Å². The van der Waals surface area contributed by atoms with E-state index in [1.165, 1.54) is 12.8 Å². The molecule has 0 aromatic heterocycles. The van der Waals surface area contributed by atoms with Crippen LogP contribution in [0.25, 0.3) is 0 Å². The van der Waals surface area contributed by atoms with E-state index in [-0.39, 0.29) is 35.8 Å². The maximum Gasteiger partial charge on any atom is 0.191 e. The molecular weight excluding hydrogens is 508 g/mol. The van der Waals surface area contributed by atoms with Crippen LogP contribution in [0.5, 0.6) is 5.75 Å². The Balaban J connectivity index is 0.00000341. The first-order valence-electron chi connectivity index (χ1n) is 11.4. The average molecular weight is 548 g/mol. The Kier molecular flexibility index (Phi) is 10.8. The summed E-state index contributed by atoms with van der Waals surface area (Å²) >= 11 is 0. The average Bonchev–Trinajstić information content (AvgIpc) is 3.60. The van der Waals surface area contributed by atoms with Crippen molar-refractivity contribution in [2.24, 2.45) is 10.9 Å². The van der Waals surface area contributed by atoms with Gasteiger partial charge in [-0.2, -0.15) is 0 Å². The quantitative estimate of drug-likeness (QED) is 0.282. The highest BCUT2D eigenvalue weighted by Crippen LogP contribution is 2.30. The molecule has 1 heterocycles. The summed E-state index contributed by atoms with van der Waals surface area (Å²) in [5.74, 6) is 1.38. The van der Waals surface area contributed by atoms with E-state index in [1.807, 2.05) is 13.0 Å². The number of nitrogens with one attached hydrogen (secondary N) is 2. The highest BCUT2D eigenvalue weighted by Gasteiger charge is 2.23. The first-order valence-corrected chi connectivity index (χ1v) is 11.4. The number of aliphatic imine (C=N–C) groups is 1. The van der Waals surface area contributed by atoms with Crippen molar-refractivity contribution in [2.45, 2.75) is 45.7 Å². The van der Waals surface area contributed by atoms with E-state index in [1.54, 1.807) is 19.2 Å². The molecule has 2 atom stereocenters. The van der Waals surface area contributed by atoms with Gasteiger partial charge in [-0.05, 0) is 56.8 Å². The molecular formula is C23H39FIN5O. The number of halogens is 2. The van der Waals surface area contributed by atoms with Gasteiger partial charge in [0.2, 0.25) is 0 Å². The molecule has 1 saturated heterocycles. The molecule has 6 nitrogen and oxygen atoms in total. The number of rotatable bonds is 9. The second-order valence-corrected chi connectivity index (χ2v) is 8.58. The zero-order valence-electron chi connectivity index (χ0n) is 19.4. The molecule has 8 heteroatoms. The normalized spacial score (nSPS) is 20.0. The van der Waals surface area contributed by atoms with E-state index in [4.69, 9.17) is 4.74 Å². The van der Waals surface area contributed by atoms with Crippen molar-refractivity contribution in [3.63, 3.8) is 0 Å². The Hall–Kier alpha value is -1.13. The number of hydrogen-bond acceptors (Lipinski definition) is 4. The molecule has 2 aliphatic rings. The summed E-state index contributed by atoms with van der Waals surface area (Å²) in [6.45, 7) is 13.5. The van der Waals surface area contributed by atoms with Crippen molar-refractivity contribution in [3.8, 4) is 5.75 Å². The van der Waals surface area contributed by atoms with Crippen LogP contribution in [0.3, 0.4) is 0 Å². The fourth-order valence-corrected chi connectivity index (χ4v) is 3.77. The standard InChI is InChI=1S/C23H38FN5O.HI/c1-5-28-10-12-29(13-11-28)17(2)15-26-23(25-4)27-18(3)20-8-9-22(21(24)14-20)30-16-19-6-7-19;/h8-9,14,17-19H,5-7,10-13,15-16H2,1-4H3,(H2,25,26,27);1H. The van der Waals surface area contributed by atoms with Crippen molar-refractivity contribution in [1.82, 2.24) is 20.4 Å². The van der Waals surface area contributed by atoms with Crippen LogP contribution in [0, 0.1) is 11.7 Å². The van der Waals surface area contributed by atoms with Gasteiger partial charge in [0.15, 0.2) is 17.5 Å². The Morgan fingerprint density at radius 1 is 1.23 bits per heavy atom. The minimum atomic E-state index is -0.301. The zero-order chi connectivity index (χ0) is 21.5. The van der Waals surface area contributed by atoms with Crippen LogP contribution >= 0.6 is 24.0 Å². The van der Waals surface area contributed by atoms with Gasteiger partial charge in [0.1, 0.15) is 0 Å². The molecule has 1 aliphatic carbocycles. The molecule has 0 spiro atoms. The second kappa shape index (κ2) is 12.8. The number of guanidine groups is 1. The molecule has 2 unspecified atom stereocenters. The van der Waals surface area contributed by atoms with Crippen LogP contribution in [0.2, 0.25) is 0 Å². The Morgan fingerprint density at radius 3 is 2.52 bits per heavy atom. The van der Waals surface area contributed by atoms with E-state index >= 15 is 0 Å². The summed E-state index contributed by atoms with van der Waals surface area (Å²) in [6.07, 6.45) is 2.39. The van der Waals surface area contributed by atoms with Gasteiger partial charge in [-0.15, -0.1) is 24.0 Å². The van der Waals surface area contributed by atoms with Crippen LogP contribution in [0.15, 0.2) is 23.2 Å². The fourth-order valence-electron chi connectivity index (χ4n) is 3.77. The van der Waals surface area contributed by atoms with Gasteiger partial charge >= 0.3 is 0 Å². The maximum absolute atomic E-state index is 14.4. The lowest BCUT2D eigenvalue weighted by molar-refractivity contribution is 0.107. The van der Waals surface area contributed by atoms with Crippen molar-refractivity contribution < 1.29 is 9.13 Å². The van der Waals surface area contributed by atoms with E-state index in [0.29, 0.717) is 24.3 Å². The van der Waals surface area contributed by atoms with Crippen LogP contribution < -0.4 is 15.4 Å². The van der Waals surface area contributed by atoms with Crippen molar-refractivity contribution in [2.75, 3.05) is 52.9 Å². The maximum atomic E-state index is 14.4. The largest absolute Gasteiger partial charge is 0.490 e. The summed E-state index contributed by atoms with van der Waals surface area (Å²) in [4.78, 5) is 9.35. The third kappa shape index (κ3) is 8.05. The second-order valence-electron chi connectivity index (χ2n) is 8.58. The first kappa shape index (κ1) is 26.1. The Bertz CT molecular complexity index is 707. The van der Waals surface area contributed by atoms with Crippen molar-refractivity contribution >= 4 is 29.9 Å². The number of benzene rings is 1. The first-order chi connectivity index (χ1) is 14.5. The SMILES string of the molecule is CCN1CCN(C(C)CNC(=NC)NC(C)c2ccc(OCC3CC3)c(F)c2)CC1.I. The third-order valence-corrected chi connectivity index (χ3v) is 6.25. The predicted octanol–water partition coefficient (Wildman–Crippen LogP) is 3.48. The van der Waals surface area contributed by atoms with Gasteiger partial charge < -0.3 is 20.3 Å². The Morgan fingerprint density at radius 2 is 1.94 bits per heavy atom. The summed E-state index contributed by atoms with van der Waals surface area (Å²) in [6, 6.07) is 5.58.